The topological polar surface area (TPSA) is 46.3 Å². The molecule has 128 valence electrons. The number of rotatable bonds is 1. The van der Waals surface area contributed by atoms with E-state index in [1.54, 1.807) is 0 Å². The molecular formula is C17H31ClN2OS. The Bertz CT molecular complexity index is 391. The van der Waals surface area contributed by atoms with Crippen LogP contribution in [0.4, 0.5) is 0 Å². The minimum absolute atomic E-state index is 0. The van der Waals surface area contributed by atoms with Gasteiger partial charge in [-0.3, -0.25) is 4.79 Å². The van der Waals surface area contributed by atoms with Crippen molar-refractivity contribution in [1.29, 1.82) is 0 Å². The molecule has 3 nitrogen and oxygen atoms in total. The molecule has 0 radical (unpaired) electrons. The normalized spacial score (nSPS) is 35.0. The Kier molecular flexibility index (Phi) is 6.12. The van der Waals surface area contributed by atoms with E-state index in [1.807, 2.05) is 0 Å². The van der Waals surface area contributed by atoms with Crippen LogP contribution in [0.2, 0.25) is 0 Å². The summed E-state index contributed by atoms with van der Waals surface area (Å²) in [6.45, 7) is 3.99. The molecule has 2 saturated carbocycles. The third kappa shape index (κ3) is 3.76. The number of nitrogens with zero attached hydrogens (tertiary/aromatic N) is 1. The van der Waals surface area contributed by atoms with E-state index in [0.717, 1.165) is 38.1 Å². The van der Waals surface area contributed by atoms with Gasteiger partial charge in [0.05, 0.1) is 5.92 Å². The Morgan fingerprint density at radius 2 is 1.82 bits per heavy atom. The molecule has 3 rings (SSSR count). The van der Waals surface area contributed by atoms with Crippen molar-refractivity contribution < 1.29 is 4.79 Å². The van der Waals surface area contributed by atoms with Gasteiger partial charge in [-0.2, -0.15) is 11.8 Å². The average Bonchev–Trinajstić information content (AvgIpc) is 2.47. The van der Waals surface area contributed by atoms with Gasteiger partial charge in [-0.1, -0.05) is 32.1 Å². The molecule has 0 bridgehead atoms. The van der Waals surface area contributed by atoms with Gasteiger partial charge in [0.15, 0.2) is 0 Å². The lowest BCUT2D eigenvalue weighted by Crippen LogP contribution is -2.57. The molecule has 1 saturated heterocycles. The van der Waals surface area contributed by atoms with Crippen LogP contribution in [0.25, 0.3) is 0 Å². The summed E-state index contributed by atoms with van der Waals surface area (Å²) in [7, 11) is 0. The standard InChI is InChI=1S/C17H30N2OS.ClH/c1-16(18)8-6-3-7-14(16)15(20)19-11-12-21-17(13-19)9-4-2-5-10-17;/h14H,2-13,18H2,1H3;1H. The predicted molar refractivity (Wildman–Crippen MR) is 96.7 cm³/mol. The molecule has 0 aromatic carbocycles. The van der Waals surface area contributed by atoms with E-state index in [-0.39, 0.29) is 23.9 Å². The monoisotopic (exact) mass is 346 g/mol. The second-order valence-electron chi connectivity index (χ2n) is 7.66. The number of halogens is 1. The summed E-state index contributed by atoms with van der Waals surface area (Å²) >= 11 is 2.13. The summed E-state index contributed by atoms with van der Waals surface area (Å²) in [6.07, 6.45) is 11.0. The van der Waals surface area contributed by atoms with Crippen molar-refractivity contribution in [2.75, 3.05) is 18.8 Å². The number of amides is 1. The van der Waals surface area contributed by atoms with Gasteiger partial charge in [0.25, 0.3) is 0 Å². The van der Waals surface area contributed by atoms with E-state index >= 15 is 0 Å². The molecule has 0 aromatic heterocycles. The maximum atomic E-state index is 13.0. The van der Waals surface area contributed by atoms with Crippen LogP contribution in [-0.4, -0.2) is 39.9 Å². The highest BCUT2D eigenvalue weighted by Gasteiger charge is 2.44. The van der Waals surface area contributed by atoms with E-state index in [2.05, 4.69) is 23.6 Å². The molecule has 1 aliphatic heterocycles. The van der Waals surface area contributed by atoms with E-state index in [9.17, 15) is 4.79 Å². The van der Waals surface area contributed by atoms with Gasteiger partial charge in [-0.25, -0.2) is 0 Å². The fourth-order valence-electron chi connectivity index (χ4n) is 4.52. The van der Waals surface area contributed by atoms with Crippen molar-refractivity contribution in [3.63, 3.8) is 0 Å². The van der Waals surface area contributed by atoms with Gasteiger partial charge >= 0.3 is 0 Å². The zero-order valence-electron chi connectivity index (χ0n) is 13.8. The Balaban J connectivity index is 0.00000176. The van der Waals surface area contributed by atoms with Crippen LogP contribution in [0, 0.1) is 5.92 Å². The summed E-state index contributed by atoms with van der Waals surface area (Å²) in [5, 5.41) is 0. The zero-order chi connectivity index (χ0) is 14.9. The summed E-state index contributed by atoms with van der Waals surface area (Å²) in [6, 6.07) is 0. The van der Waals surface area contributed by atoms with Gasteiger partial charge in [-0.05, 0) is 32.6 Å². The number of hydrogen-bond donors (Lipinski definition) is 1. The summed E-state index contributed by atoms with van der Waals surface area (Å²) in [4.78, 5) is 15.2. The first-order valence-electron chi connectivity index (χ1n) is 8.74. The lowest BCUT2D eigenvalue weighted by atomic mass is 9.73. The average molecular weight is 347 g/mol. The fraction of sp³-hybridized carbons (Fsp3) is 0.941. The van der Waals surface area contributed by atoms with E-state index in [1.165, 1.54) is 38.5 Å². The maximum Gasteiger partial charge on any atom is 0.227 e. The molecule has 2 atom stereocenters. The smallest absolute Gasteiger partial charge is 0.227 e. The van der Waals surface area contributed by atoms with Crippen LogP contribution in [0.3, 0.4) is 0 Å². The summed E-state index contributed by atoms with van der Waals surface area (Å²) in [5.74, 6) is 1.51. The van der Waals surface area contributed by atoms with Gasteiger partial charge in [-0.15, -0.1) is 12.4 Å². The highest BCUT2D eigenvalue weighted by atomic mass is 35.5. The van der Waals surface area contributed by atoms with Crippen molar-refractivity contribution in [2.24, 2.45) is 11.7 Å². The second-order valence-corrected chi connectivity index (χ2v) is 9.22. The van der Waals surface area contributed by atoms with Crippen molar-refractivity contribution in [2.45, 2.75) is 75.0 Å². The molecule has 1 heterocycles. The lowest BCUT2D eigenvalue weighted by Gasteiger charge is -2.47. The predicted octanol–water partition coefficient (Wildman–Crippen LogP) is 3.59. The van der Waals surface area contributed by atoms with Crippen LogP contribution < -0.4 is 5.73 Å². The van der Waals surface area contributed by atoms with Crippen LogP contribution in [0.5, 0.6) is 0 Å². The van der Waals surface area contributed by atoms with E-state index < -0.39 is 0 Å². The molecular weight excluding hydrogens is 316 g/mol. The Morgan fingerprint density at radius 1 is 1.14 bits per heavy atom. The summed E-state index contributed by atoms with van der Waals surface area (Å²) in [5.41, 5.74) is 6.15. The van der Waals surface area contributed by atoms with Gasteiger partial charge in [0, 0.05) is 29.1 Å². The van der Waals surface area contributed by atoms with E-state index in [0.29, 0.717) is 10.7 Å². The molecule has 3 aliphatic rings. The highest BCUT2D eigenvalue weighted by molar-refractivity contribution is 8.00. The molecule has 0 aromatic rings. The maximum absolute atomic E-state index is 13.0. The van der Waals surface area contributed by atoms with Crippen LogP contribution in [0.15, 0.2) is 0 Å². The Labute approximate surface area is 145 Å². The van der Waals surface area contributed by atoms with Crippen molar-refractivity contribution in [3.05, 3.63) is 0 Å². The number of carbonyl (C=O) groups excluding carboxylic acids is 1. The molecule has 5 heteroatoms. The van der Waals surface area contributed by atoms with Crippen LogP contribution in [0.1, 0.15) is 64.7 Å². The largest absolute Gasteiger partial charge is 0.340 e. The Morgan fingerprint density at radius 3 is 2.50 bits per heavy atom. The molecule has 3 fully saturated rings. The molecule has 1 spiro atoms. The number of nitrogens with two attached hydrogens (primary N) is 1. The minimum Gasteiger partial charge on any atom is -0.340 e. The van der Waals surface area contributed by atoms with Gasteiger partial charge in [0.2, 0.25) is 5.91 Å². The zero-order valence-corrected chi connectivity index (χ0v) is 15.4. The SMILES string of the molecule is CC1(N)CCCCC1C(=O)N1CCSC2(CCCCC2)C1.Cl. The quantitative estimate of drug-likeness (QED) is 0.789. The minimum atomic E-state index is -0.292. The number of carbonyl (C=O) groups is 1. The first-order chi connectivity index (χ1) is 10.0. The molecule has 22 heavy (non-hydrogen) atoms. The van der Waals surface area contributed by atoms with Crippen LogP contribution in [-0.2, 0) is 4.79 Å². The van der Waals surface area contributed by atoms with Crippen molar-refractivity contribution >= 4 is 30.1 Å². The summed E-state index contributed by atoms with van der Waals surface area (Å²) < 4.78 is 0.367. The Hall–Kier alpha value is 0.0700. The first kappa shape index (κ1) is 18.4. The van der Waals surface area contributed by atoms with Gasteiger partial charge in [0.1, 0.15) is 0 Å². The molecule has 1 amide bonds. The molecule has 2 aliphatic carbocycles. The van der Waals surface area contributed by atoms with Crippen molar-refractivity contribution in [1.82, 2.24) is 4.90 Å². The van der Waals surface area contributed by atoms with Gasteiger partial charge < -0.3 is 10.6 Å². The number of thioether (sulfide) groups is 1. The van der Waals surface area contributed by atoms with Crippen LogP contribution >= 0.6 is 24.2 Å². The lowest BCUT2D eigenvalue weighted by molar-refractivity contribution is -0.139. The second kappa shape index (κ2) is 7.31. The molecule has 2 N–H and O–H groups in total. The van der Waals surface area contributed by atoms with E-state index in [4.69, 9.17) is 5.73 Å². The molecule has 2 unspecified atom stereocenters. The highest BCUT2D eigenvalue weighted by Crippen LogP contribution is 2.43. The first-order valence-corrected chi connectivity index (χ1v) is 9.73. The van der Waals surface area contributed by atoms with Crippen molar-refractivity contribution in [3.8, 4) is 0 Å². The fourth-order valence-corrected chi connectivity index (χ4v) is 6.08. The third-order valence-electron chi connectivity index (χ3n) is 5.88. The third-order valence-corrected chi connectivity index (χ3v) is 7.41. The number of hydrogen-bond acceptors (Lipinski definition) is 3.